The molecule has 1 heterocycles. The zero-order valence-electron chi connectivity index (χ0n) is 14.0. The highest BCUT2D eigenvalue weighted by molar-refractivity contribution is 5.88. The van der Waals surface area contributed by atoms with Gasteiger partial charge in [-0.2, -0.15) is 0 Å². The van der Waals surface area contributed by atoms with E-state index in [9.17, 15) is 9.90 Å². The van der Waals surface area contributed by atoms with Crippen LogP contribution in [0.15, 0.2) is 30.5 Å². The number of rotatable bonds is 4. The lowest BCUT2D eigenvalue weighted by Crippen LogP contribution is -2.16. The van der Waals surface area contributed by atoms with E-state index >= 15 is 0 Å². The molecular formula is C19H23N3O2. The first-order chi connectivity index (χ1) is 11.6. The van der Waals surface area contributed by atoms with Crippen molar-refractivity contribution >= 4 is 11.7 Å². The van der Waals surface area contributed by atoms with Crippen LogP contribution in [-0.2, 0) is 11.2 Å². The summed E-state index contributed by atoms with van der Waals surface area (Å²) in [6.07, 6.45) is 8.79. The predicted octanol–water partition coefficient (Wildman–Crippen LogP) is 3.93. The van der Waals surface area contributed by atoms with Crippen molar-refractivity contribution in [2.45, 2.75) is 45.4 Å². The van der Waals surface area contributed by atoms with Crippen LogP contribution >= 0.6 is 0 Å². The molecule has 1 aromatic carbocycles. The van der Waals surface area contributed by atoms with Crippen molar-refractivity contribution in [3.8, 4) is 17.0 Å². The molecule has 5 nitrogen and oxygen atoms in total. The van der Waals surface area contributed by atoms with E-state index in [0.29, 0.717) is 11.7 Å². The van der Waals surface area contributed by atoms with Crippen LogP contribution in [0.5, 0.6) is 5.75 Å². The Balaban J connectivity index is 1.90. The molecule has 3 rings (SSSR count). The Kier molecular flexibility index (Phi) is 5.08. The maximum absolute atomic E-state index is 11.4. The van der Waals surface area contributed by atoms with Crippen molar-refractivity contribution in [3.05, 3.63) is 36.2 Å². The molecule has 1 amide bonds. The Labute approximate surface area is 142 Å². The van der Waals surface area contributed by atoms with Gasteiger partial charge in [-0.1, -0.05) is 32.1 Å². The number of anilines is 1. The van der Waals surface area contributed by atoms with Gasteiger partial charge >= 0.3 is 0 Å². The SMILES string of the molecule is CC(=O)Nc1ncc(-c2ccc(O)cc2)nc1CC1CCCCC1. The number of aromatic nitrogens is 2. The van der Waals surface area contributed by atoms with Gasteiger partial charge in [-0.05, 0) is 36.6 Å². The highest BCUT2D eigenvalue weighted by atomic mass is 16.3. The van der Waals surface area contributed by atoms with Crippen molar-refractivity contribution in [1.82, 2.24) is 9.97 Å². The maximum atomic E-state index is 11.4. The van der Waals surface area contributed by atoms with E-state index in [2.05, 4.69) is 10.3 Å². The lowest BCUT2D eigenvalue weighted by atomic mass is 9.86. The minimum absolute atomic E-state index is 0.133. The number of hydrogen-bond donors (Lipinski definition) is 2. The summed E-state index contributed by atoms with van der Waals surface area (Å²) in [6.45, 7) is 1.49. The van der Waals surface area contributed by atoms with Crippen molar-refractivity contribution in [3.63, 3.8) is 0 Å². The van der Waals surface area contributed by atoms with Gasteiger partial charge in [0.2, 0.25) is 5.91 Å². The highest BCUT2D eigenvalue weighted by Gasteiger charge is 2.18. The van der Waals surface area contributed by atoms with Crippen LogP contribution in [0, 0.1) is 5.92 Å². The van der Waals surface area contributed by atoms with Gasteiger partial charge in [0.1, 0.15) is 5.75 Å². The number of aromatic hydroxyl groups is 1. The van der Waals surface area contributed by atoms with Gasteiger partial charge in [0.05, 0.1) is 17.6 Å². The fraction of sp³-hybridized carbons (Fsp3) is 0.421. The fourth-order valence-corrected chi connectivity index (χ4v) is 3.28. The first-order valence-corrected chi connectivity index (χ1v) is 8.55. The second kappa shape index (κ2) is 7.43. The molecule has 1 aliphatic rings. The lowest BCUT2D eigenvalue weighted by molar-refractivity contribution is -0.114. The molecule has 0 atom stereocenters. The maximum Gasteiger partial charge on any atom is 0.222 e. The zero-order chi connectivity index (χ0) is 16.9. The summed E-state index contributed by atoms with van der Waals surface area (Å²) in [7, 11) is 0. The summed E-state index contributed by atoms with van der Waals surface area (Å²) in [6, 6.07) is 6.92. The molecule has 1 aliphatic carbocycles. The standard InChI is InChI=1S/C19H23N3O2/c1-13(23)21-19-17(11-14-5-3-2-4-6-14)22-18(12-20-19)15-7-9-16(24)10-8-15/h7-10,12,14,24H,2-6,11H2,1H3,(H,20,21,23). The topological polar surface area (TPSA) is 75.1 Å². The van der Waals surface area contributed by atoms with Crippen LogP contribution in [0.2, 0.25) is 0 Å². The van der Waals surface area contributed by atoms with Crippen molar-refractivity contribution in [1.29, 1.82) is 0 Å². The molecule has 1 aromatic heterocycles. The Morgan fingerprint density at radius 1 is 1.21 bits per heavy atom. The number of phenols is 1. The molecule has 0 radical (unpaired) electrons. The molecule has 2 N–H and O–H groups in total. The summed E-state index contributed by atoms with van der Waals surface area (Å²) in [5, 5.41) is 12.2. The smallest absolute Gasteiger partial charge is 0.222 e. The number of carbonyl (C=O) groups is 1. The summed E-state index contributed by atoms with van der Waals surface area (Å²) < 4.78 is 0. The molecule has 24 heavy (non-hydrogen) atoms. The largest absolute Gasteiger partial charge is 0.508 e. The molecule has 0 bridgehead atoms. The average Bonchev–Trinajstić information content (AvgIpc) is 2.58. The van der Waals surface area contributed by atoms with E-state index in [1.54, 1.807) is 18.3 Å². The van der Waals surface area contributed by atoms with E-state index < -0.39 is 0 Å². The van der Waals surface area contributed by atoms with E-state index in [-0.39, 0.29) is 11.7 Å². The third-order valence-electron chi connectivity index (χ3n) is 4.51. The van der Waals surface area contributed by atoms with Gasteiger partial charge in [-0.3, -0.25) is 4.79 Å². The van der Waals surface area contributed by atoms with Crippen molar-refractivity contribution in [2.24, 2.45) is 5.92 Å². The predicted molar refractivity (Wildman–Crippen MR) is 93.7 cm³/mol. The summed E-state index contributed by atoms with van der Waals surface area (Å²) in [4.78, 5) is 20.6. The number of nitrogens with zero attached hydrogens (tertiary/aromatic N) is 2. The number of benzene rings is 1. The zero-order valence-corrected chi connectivity index (χ0v) is 14.0. The van der Waals surface area contributed by atoms with Crippen molar-refractivity contribution in [2.75, 3.05) is 5.32 Å². The Morgan fingerprint density at radius 2 is 1.92 bits per heavy atom. The van der Waals surface area contributed by atoms with Crippen LogP contribution in [0.3, 0.4) is 0 Å². The summed E-state index contributed by atoms with van der Waals surface area (Å²) in [5.41, 5.74) is 2.51. The summed E-state index contributed by atoms with van der Waals surface area (Å²) >= 11 is 0. The fourth-order valence-electron chi connectivity index (χ4n) is 3.28. The lowest BCUT2D eigenvalue weighted by Gasteiger charge is -2.22. The van der Waals surface area contributed by atoms with Crippen LogP contribution in [-0.4, -0.2) is 21.0 Å². The van der Waals surface area contributed by atoms with Gasteiger partial charge in [0.25, 0.3) is 0 Å². The molecule has 5 heteroatoms. The molecule has 126 valence electrons. The molecule has 2 aromatic rings. The van der Waals surface area contributed by atoms with Crippen LogP contribution in [0.4, 0.5) is 5.82 Å². The van der Waals surface area contributed by atoms with Crippen molar-refractivity contribution < 1.29 is 9.90 Å². The van der Waals surface area contributed by atoms with Gasteiger partial charge in [-0.25, -0.2) is 9.97 Å². The van der Waals surface area contributed by atoms with Gasteiger partial charge in [0.15, 0.2) is 5.82 Å². The van der Waals surface area contributed by atoms with Gasteiger partial charge in [-0.15, -0.1) is 0 Å². The molecule has 0 spiro atoms. The minimum Gasteiger partial charge on any atom is -0.508 e. The second-order valence-corrected chi connectivity index (χ2v) is 6.49. The van der Waals surface area contributed by atoms with E-state index in [1.807, 2.05) is 12.1 Å². The minimum atomic E-state index is -0.133. The van der Waals surface area contributed by atoms with Gasteiger partial charge in [0, 0.05) is 12.5 Å². The highest BCUT2D eigenvalue weighted by Crippen LogP contribution is 2.29. The quantitative estimate of drug-likeness (QED) is 0.893. The van der Waals surface area contributed by atoms with E-state index in [1.165, 1.54) is 39.0 Å². The van der Waals surface area contributed by atoms with Gasteiger partial charge < -0.3 is 10.4 Å². The average molecular weight is 325 g/mol. The molecule has 0 saturated heterocycles. The number of amides is 1. The molecule has 0 unspecified atom stereocenters. The molecule has 0 aliphatic heterocycles. The number of carbonyl (C=O) groups excluding carboxylic acids is 1. The number of hydrogen-bond acceptors (Lipinski definition) is 4. The Hall–Kier alpha value is -2.43. The van der Waals surface area contributed by atoms with Crippen LogP contribution in [0.25, 0.3) is 11.3 Å². The first kappa shape index (κ1) is 16.4. The first-order valence-electron chi connectivity index (χ1n) is 8.55. The number of nitrogens with one attached hydrogen (secondary N) is 1. The second-order valence-electron chi connectivity index (χ2n) is 6.49. The molecule has 1 saturated carbocycles. The van der Waals surface area contributed by atoms with Crippen LogP contribution in [0.1, 0.15) is 44.7 Å². The third kappa shape index (κ3) is 4.10. The Morgan fingerprint density at radius 3 is 2.58 bits per heavy atom. The third-order valence-corrected chi connectivity index (χ3v) is 4.51. The number of phenolic OH excluding ortho intramolecular Hbond substituents is 1. The Bertz CT molecular complexity index is 707. The normalized spacial score (nSPS) is 15.2. The summed E-state index contributed by atoms with van der Waals surface area (Å²) in [5.74, 6) is 1.27. The van der Waals surface area contributed by atoms with E-state index in [0.717, 1.165) is 23.4 Å². The van der Waals surface area contributed by atoms with E-state index in [4.69, 9.17) is 4.98 Å². The van der Waals surface area contributed by atoms with Crippen LogP contribution < -0.4 is 5.32 Å². The molecule has 1 fully saturated rings. The monoisotopic (exact) mass is 325 g/mol. The molecular weight excluding hydrogens is 302 g/mol.